The molecule has 5 nitrogen and oxygen atoms in total. The number of aryl methyl sites for hydroxylation is 1. The smallest absolute Gasteiger partial charge is 0.264 e. The summed E-state index contributed by atoms with van der Waals surface area (Å²) in [6.45, 7) is 2.24. The predicted molar refractivity (Wildman–Crippen MR) is 136 cm³/mol. The number of hydrogen-bond acceptors (Lipinski definition) is 4. The molecule has 1 N–H and O–H groups in total. The van der Waals surface area contributed by atoms with Crippen LogP contribution < -0.4 is 10.2 Å². The molecule has 34 heavy (non-hydrogen) atoms. The molecule has 1 atom stereocenters. The number of hydrogen-bond donors (Lipinski definition) is 1. The Kier molecular flexibility index (Phi) is 7.36. The van der Waals surface area contributed by atoms with E-state index in [9.17, 15) is 14.9 Å². The summed E-state index contributed by atoms with van der Waals surface area (Å²) in [5, 5.41) is 13.2. The molecular formula is C27H22ClN3O2S. The standard InChI is InChI=1S/C27H22ClN3O2S/c1-18-10-12-22(13-11-18)31-26(33)24(15-20-8-5-9-21(28)14-20)34-27(31)23(16-29)25(32)30-17-19-6-3-2-4-7-19/h2-14,24H,15,17H2,1H3,(H,30,32)/b27-23+/t24-/m1/s1. The largest absolute Gasteiger partial charge is 0.347 e. The van der Waals surface area contributed by atoms with Crippen molar-refractivity contribution >= 4 is 40.9 Å². The zero-order valence-electron chi connectivity index (χ0n) is 18.5. The SMILES string of the molecule is Cc1ccc(N2C(=O)[C@@H](Cc3cccc(Cl)c3)S/C2=C(\C#N)C(=O)NCc2ccccc2)cc1. The number of nitrogens with one attached hydrogen (secondary N) is 1. The highest BCUT2D eigenvalue weighted by Crippen LogP contribution is 2.42. The molecule has 0 unspecified atom stereocenters. The predicted octanol–water partition coefficient (Wildman–Crippen LogP) is 5.39. The first-order chi connectivity index (χ1) is 16.5. The highest BCUT2D eigenvalue weighted by atomic mass is 35.5. The minimum absolute atomic E-state index is 0.0801. The Balaban J connectivity index is 1.67. The van der Waals surface area contributed by atoms with E-state index in [0.29, 0.717) is 22.2 Å². The van der Waals surface area contributed by atoms with Crippen LogP contribution in [0, 0.1) is 18.3 Å². The lowest BCUT2D eigenvalue weighted by Gasteiger charge is -2.19. The lowest BCUT2D eigenvalue weighted by molar-refractivity contribution is -0.117. The lowest BCUT2D eigenvalue weighted by Crippen LogP contribution is -2.32. The van der Waals surface area contributed by atoms with E-state index in [-0.39, 0.29) is 18.0 Å². The van der Waals surface area contributed by atoms with E-state index in [1.807, 2.05) is 85.8 Å². The highest BCUT2D eigenvalue weighted by Gasteiger charge is 2.40. The minimum Gasteiger partial charge on any atom is -0.347 e. The Morgan fingerprint density at radius 2 is 1.76 bits per heavy atom. The number of benzene rings is 3. The summed E-state index contributed by atoms with van der Waals surface area (Å²) in [5.41, 5.74) is 3.42. The number of carbonyl (C=O) groups excluding carboxylic acids is 2. The molecule has 7 heteroatoms. The van der Waals surface area contributed by atoms with Crippen LogP contribution >= 0.6 is 23.4 Å². The van der Waals surface area contributed by atoms with Crippen molar-refractivity contribution in [2.24, 2.45) is 0 Å². The third kappa shape index (κ3) is 5.33. The Labute approximate surface area is 208 Å². The number of thioether (sulfide) groups is 1. The maximum absolute atomic E-state index is 13.5. The number of amides is 2. The second-order valence-electron chi connectivity index (χ2n) is 7.91. The molecule has 3 aromatic carbocycles. The molecule has 1 heterocycles. The molecule has 1 saturated heterocycles. The molecule has 0 aliphatic carbocycles. The van der Waals surface area contributed by atoms with Gasteiger partial charge in [-0.1, -0.05) is 83.5 Å². The van der Waals surface area contributed by atoms with Crippen LogP contribution in [0.3, 0.4) is 0 Å². The third-order valence-corrected chi connectivity index (χ3v) is 6.90. The van der Waals surface area contributed by atoms with Crippen LogP contribution in [0.15, 0.2) is 89.5 Å². The van der Waals surface area contributed by atoms with E-state index in [4.69, 9.17) is 11.6 Å². The van der Waals surface area contributed by atoms with Crippen LogP contribution in [0.25, 0.3) is 0 Å². The number of anilines is 1. The van der Waals surface area contributed by atoms with Gasteiger partial charge in [-0.05, 0) is 48.7 Å². The molecule has 0 bridgehead atoms. The second kappa shape index (κ2) is 10.6. The maximum atomic E-state index is 13.5. The Morgan fingerprint density at radius 1 is 1.06 bits per heavy atom. The van der Waals surface area contributed by atoms with Crippen LogP contribution in [-0.4, -0.2) is 17.1 Å². The summed E-state index contributed by atoms with van der Waals surface area (Å²) < 4.78 is 0. The normalized spacial score (nSPS) is 16.8. The zero-order chi connectivity index (χ0) is 24.1. The minimum atomic E-state index is -0.512. The van der Waals surface area contributed by atoms with Gasteiger partial charge in [0.1, 0.15) is 16.7 Å². The van der Waals surface area contributed by atoms with E-state index in [2.05, 4.69) is 5.32 Å². The highest BCUT2D eigenvalue weighted by molar-refractivity contribution is 8.05. The number of nitrogens with zero attached hydrogens (tertiary/aromatic N) is 2. The molecule has 4 rings (SSSR count). The van der Waals surface area contributed by atoms with Crippen molar-refractivity contribution in [3.63, 3.8) is 0 Å². The van der Waals surface area contributed by atoms with Gasteiger partial charge in [-0.2, -0.15) is 5.26 Å². The van der Waals surface area contributed by atoms with Crippen molar-refractivity contribution in [3.8, 4) is 6.07 Å². The Bertz CT molecular complexity index is 1280. The van der Waals surface area contributed by atoms with E-state index in [0.717, 1.165) is 16.7 Å². The van der Waals surface area contributed by atoms with Gasteiger partial charge in [0.05, 0.1) is 5.25 Å². The molecule has 1 aliphatic rings. The number of carbonyl (C=O) groups is 2. The first-order valence-electron chi connectivity index (χ1n) is 10.7. The van der Waals surface area contributed by atoms with Crippen molar-refractivity contribution in [1.82, 2.24) is 5.32 Å². The van der Waals surface area contributed by atoms with Crippen LogP contribution in [-0.2, 0) is 22.6 Å². The van der Waals surface area contributed by atoms with Gasteiger partial charge in [0, 0.05) is 17.3 Å². The molecule has 1 fully saturated rings. The summed E-state index contributed by atoms with van der Waals surface area (Å²) in [5.74, 6) is -0.686. The van der Waals surface area contributed by atoms with Gasteiger partial charge in [-0.25, -0.2) is 0 Å². The molecule has 1 aliphatic heterocycles. The van der Waals surface area contributed by atoms with E-state index >= 15 is 0 Å². The zero-order valence-corrected chi connectivity index (χ0v) is 20.1. The van der Waals surface area contributed by atoms with Gasteiger partial charge in [-0.3, -0.25) is 14.5 Å². The Hall–Kier alpha value is -3.53. The van der Waals surface area contributed by atoms with Gasteiger partial charge >= 0.3 is 0 Å². The van der Waals surface area contributed by atoms with Crippen LogP contribution in [0.5, 0.6) is 0 Å². The van der Waals surface area contributed by atoms with Gasteiger partial charge in [0.2, 0.25) is 5.91 Å². The van der Waals surface area contributed by atoms with Gasteiger partial charge in [-0.15, -0.1) is 0 Å². The summed E-state index contributed by atoms with van der Waals surface area (Å²) in [6, 6.07) is 26.3. The van der Waals surface area contributed by atoms with E-state index < -0.39 is 11.2 Å². The fourth-order valence-electron chi connectivity index (χ4n) is 3.66. The van der Waals surface area contributed by atoms with Crippen molar-refractivity contribution < 1.29 is 9.59 Å². The summed E-state index contributed by atoms with van der Waals surface area (Å²) in [6.07, 6.45) is 0.431. The fraction of sp³-hybridized carbons (Fsp3) is 0.148. The van der Waals surface area contributed by atoms with Crippen molar-refractivity contribution in [1.29, 1.82) is 5.26 Å². The molecule has 3 aromatic rings. The molecule has 170 valence electrons. The number of halogens is 1. The van der Waals surface area contributed by atoms with Crippen LogP contribution in [0.4, 0.5) is 5.69 Å². The van der Waals surface area contributed by atoms with Crippen molar-refractivity contribution in [3.05, 3.63) is 111 Å². The van der Waals surface area contributed by atoms with Crippen LogP contribution in [0.2, 0.25) is 5.02 Å². The van der Waals surface area contributed by atoms with Gasteiger partial charge in [0.25, 0.3) is 5.91 Å². The number of nitriles is 1. The molecule has 0 spiro atoms. The topological polar surface area (TPSA) is 73.2 Å². The first kappa shape index (κ1) is 23.6. The van der Waals surface area contributed by atoms with E-state index in [1.54, 1.807) is 6.07 Å². The number of rotatable bonds is 6. The molecule has 0 radical (unpaired) electrons. The average Bonchev–Trinajstić information content (AvgIpc) is 3.15. The summed E-state index contributed by atoms with van der Waals surface area (Å²) >= 11 is 7.37. The van der Waals surface area contributed by atoms with Crippen LogP contribution in [0.1, 0.15) is 16.7 Å². The van der Waals surface area contributed by atoms with E-state index in [1.165, 1.54) is 16.7 Å². The Morgan fingerprint density at radius 3 is 2.44 bits per heavy atom. The quantitative estimate of drug-likeness (QED) is 0.373. The maximum Gasteiger partial charge on any atom is 0.264 e. The average molecular weight is 488 g/mol. The molecule has 2 amide bonds. The van der Waals surface area contributed by atoms with Crippen molar-refractivity contribution in [2.45, 2.75) is 25.1 Å². The second-order valence-corrected chi connectivity index (χ2v) is 9.54. The first-order valence-corrected chi connectivity index (χ1v) is 12.0. The van der Waals surface area contributed by atoms with Gasteiger partial charge in [0.15, 0.2) is 0 Å². The van der Waals surface area contributed by atoms with Gasteiger partial charge < -0.3 is 5.32 Å². The fourth-order valence-corrected chi connectivity index (χ4v) is 5.18. The van der Waals surface area contributed by atoms with Crippen molar-refractivity contribution in [2.75, 3.05) is 4.90 Å². The molecule has 0 aromatic heterocycles. The molecular weight excluding hydrogens is 466 g/mol. The monoisotopic (exact) mass is 487 g/mol. The lowest BCUT2D eigenvalue weighted by atomic mass is 10.1. The summed E-state index contributed by atoms with van der Waals surface area (Å²) in [7, 11) is 0. The summed E-state index contributed by atoms with van der Waals surface area (Å²) in [4.78, 5) is 28.0. The third-order valence-electron chi connectivity index (χ3n) is 5.40. The molecule has 0 saturated carbocycles.